The Hall–Kier alpha value is -1.67. The molecule has 1 aliphatic carbocycles. The third-order valence-corrected chi connectivity index (χ3v) is 5.18. The van der Waals surface area contributed by atoms with Gasteiger partial charge in [0, 0.05) is 25.6 Å². The molecule has 1 unspecified atom stereocenters. The number of carboxylic acids is 1. The lowest BCUT2D eigenvalue weighted by Gasteiger charge is -2.37. The van der Waals surface area contributed by atoms with E-state index in [1.807, 2.05) is 0 Å². The first kappa shape index (κ1) is 20.6. The van der Waals surface area contributed by atoms with Crippen molar-refractivity contribution in [1.82, 2.24) is 10.2 Å². The van der Waals surface area contributed by atoms with Gasteiger partial charge in [-0.3, -0.25) is 9.59 Å². The van der Waals surface area contributed by atoms with Crippen molar-refractivity contribution in [2.45, 2.75) is 57.0 Å². The first-order valence-corrected chi connectivity index (χ1v) is 9.42. The average Bonchev–Trinajstić information content (AvgIpc) is 2.65. The summed E-state index contributed by atoms with van der Waals surface area (Å²) in [5, 5.41) is 12.3. The van der Waals surface area contributed by atoms with Gasteiger partial charge in [0.1, 0.15) is 12.6 Å². The maximum Gasteiger partial charge on any atom is 0.326 e. The third kappa shape index (κ3) is 5.95. The Morgan fingerprint density at radius 2 is 1.81 bits per heavy atom. The Bertz CT molecular complexity index is 490. The molecule has 1 aliphatic heterocycles. The summed E-state index contributed by atoms with van der Waals surface area (Å²) in [6.07, 6.45) is 5.07. The third-order valence-electron chi connectivity index (χ3n) is 5.18. The van der Waals surface area contributed by atoms with E-state index in [2.05, 4.69) is 5.32 Å². The summed E-state index contributed by atoms with van der Waals surface area (Å²) in [6, 6.07) is -0.632. The fourth-order valence-corrected chi connectivity index (χ4v) is 3.75. The van der Waals surface area contributed by atoms with Gasteiger partial charge in [-0.1, -0.05) is 0 Å². The van der Waals surface area contributed by atoms with Crippen LogP contribution in [0.3, 0.4) is 0 Å². The number of hydrogen-bond acceptors (Lipinski definition) is 5. The Morgan fingerprint density at radius 3 is 2.46 bits per heavy atom. The zero-order valence-corrected chi connectivity index (χ0v) is 15.4. The Kier molecular flexibility index (Phi) is 8.31. The standard InChI is InChI=1S/C18H30N2O6/c1-25-10-11-26-12-16(21)19-14-7-5-13(6-8-14)17(22)20-9-3-2-4-15(20)18(23)24/h13-15H,2-12H2,1H3,(H,19,21)(H,23,24). The Labute approximate surface area is 154 Å². The second kappa shape index (κ2) is 10.5. The van der Waals surface area contributed by atoms with E-state index in [0.717, 1.165) is 25.7 Å². The van der Waals surface area contributed by atoms with Crippen LogP contribution < -0.4 is 5.32 Å². The van der Waals surface area contributed by atoms with Crippen LogP contribution in [0.5, 0.6) is 0 Å². The van der Waals surface area contributed by atoms with Crippen molar-refractivity contribution in [1.29, 1.82) is 0 Å². The predicted molar refractivity (Wildman–Crippen MR) is 93.6 cm³/mol. The van der Waals surface area contributed by atoms with Gasteiger partial charge >= 0.3 is 5.97 Å². The minimum Gasteiger partial charge on any atom is -0.480 e. The SMILES string of the molecule is COCCOCC(=O)NC1CCC(C(=O)N2CCCCC2C(=O)O)CC1. The lowest BCUT2D eigenvalue weighted by atomic mass is 9.84. The fourth-order valence-electron chi connectivity index (χ4n) is 3.75. The molecule has 1 saturated heterocycles. The number of aliphatic carboxylic acids is 1. The lowest BCUT2D eigenvalue weighted by molar-refractivity contribution is -0.154. The van der Waals surface area contributed by atoms with Crippen LogP contribution in [0.2, 0.25) is 0 Å². The van der Waals surface area contributed by atoms with E-state index in [4.69, 9.17) is 9.47 Å². The molecule has 2 N–H and O–H groups in total. The number of ether oxygens (including phenoxy) is 2. The maximum atomic E-state index is 12.7. The van der Waals surface area contributed by atoms with Gasteiger partial charge in [-0.2, -0.15) is 0 Å². The van der Waals surface area contributed by atoms with Crippen LogP contribution in [-0.2, 0) is 23.9 Å². The van der Waals surface area contributed by atoms with E-state index in [0.29, 0.717) is 39.0 Å². The number of rotatable bonds is 8. The summed E-state index contributed by atoms with van der Waals surface area (Å²) in [6.45, 7) is 1.38. The number of hydrogen-bond donors (Lipinski definition) is 2. The molecule has 0 aromatic rings. The number of carbonyl (C=O) groups excluding carboxylic acids is 2. The highest BCUT2D eigenvalue weighted by Gasteiger charge is 2.36. The van der Waals surface area contributed by atoms with Crippen molar-refractivity contribution in [3.05, 3.63) is 0 Å². The number of amides is 2. The van der Waals surface area contributed by atoms with E-state index >= 15 is 0 Å². The molecule has 0 spiro atoms. The topological polar surface area (TPSA) is 105 Å². The van der Waals surface area contributed by atoms with Crippen LogP contribution in [0.1, 0.15) is 44.9 Å². The maximum absolute atomic E-state index is 12.7. The van der Waals surface area contributed by atoms with Gasteiger partial charge in [0.05, 0.1) is 13.2 Å². The van der Waals surface area contributed by atoms with Crippen LogP contribution in [0, 0.1) is 5.92 Å². The highest BCUT2D eigenvalue weighted by molar-refractivity contribution is 5.85. The first-order chi connectivity index (χ1) is 12.5. The molecule has 26 heavy (non-hydrogen) atoms. The summed E-state index contributed by atoms with van der Waals surface area (Å²) in [5.74, 6) is -1.24. The van der Waals surface area contributed by atoms with E-state index in [1.54, 1.807) is 12.0 Å². The van der Waals surface area contributed by atoms with E-state index in [9.17, 15) is 19.5 Å². The zero-order chi connectivity index (χ0) is 18.9. The van der Waals surface area contributed by atoms with Gasteiger partial charge in [0.15, 0.2) is 0 Å². The van der Waals surface area contributed by atoms with Crippen LogP contribution in [0.15, 0.2) is 0 Å². The van der Waals surface area contributed by atoms with Gasteiger partial charge in [0.25, 0.3) is 0 Å². The predicted octanol–water partition coefficient (Wildman–Crippen LogP) is 0.790. The molecule has 2 aliphatic rings. The highest BCUT2D eigenvalue weighted by atomic mass is 16.5. The van der Waals surface area contributed by atoms with Gasteiger partial charge in [-0.25, -0.2) is 4.79 Å². The second-order valence-corrected chi connectivity index (χ2v) is 7.04. The van der Waals surface area contributed by atoms with Crippen LogP contribution in [0.4, 0.5) is 0 Å². The van der Waals surface area contributed by atoms with Gasteiger partial charge in [-0.15, -0.1) is 0 Å². The number of carbonyl (C=O) groups is 3. The van der Waals surface area contributed by atoms with Crippen molar-refractivity contribution >= 4 is 17.8 Å². The largest absolute Gasteiger partial charge is 0.480 e. The van der Waals surface area contributed by atoms with Gasteiger partial charge < -0.3 is 24.8 Å². The minimum absolute atomic E-state index is 0.0102. The molecule has 0 aromatic heterocycles. The van der Waals surface area contributed by atoms with Crippen molar-refractivity contribution in [2.75, 3.05) is 33.5 Å². The van der Waals surface area contributed by atoms with E-state index in [-0.39, 0.29) is 30.4 Å². The fraction of sp³-hybridized carbons (Fsp3) is 0.833. The van der Waals surface area contributed by atoms with Crippen LogP contribution >= 0.6 is 0 Å². The Morgan fingerprint density at radius 1 is 1.08 bits per heavy atom. The molecule has 8 heteroatoms. The Balaban J connectivity index is 1.74. The highest BCUT2D eigenvalue weighted by Crippen LogP contribution is 2.29. The van der Waals surface area contributed by atoms with Crippen molar-refractivity contribution in [3.8, 4) is 0 Å². The molecule has 1 atom stereocenters. The molecule has 2 amide bonds. The molecule has 0 aromatic carbocycles. The molecule has 1 heterocycles. The molecule has 0 radical (unpaired) electrons. The summed E-state index contributed by atoms with van der Waals surface area (Å²) in [4.78, 5) is 37.5. The normalized spacial score (nSPS) is 26.3. The van der Waals surface area contributed by atoms with Gasteiger partial charge in [-0.05, 0) is 44.9 Å². The molecular formula is C18H30N2O6. The number of methoxy groups -OCH3 is 1. The van der Waals surface area contributed by atoms with Crippen molar-refractivity contribution < 1.29 is 29.0 Å². The summed E-state index contributed by atoms with van der Waals surface area (Å²) in [5.41, 5.74) is 0. The van der Waals surface area contributed by atoms with Crippen LogP contribution in [-0.4, -0.2) is 73.3 Å². The summed E-state index contributed by atoms with van der Waals surface area (Å²) >= 11 is 0. The second-order valence-electron chi connectivity index (χ2n) is 7.04. The summed E-state index contributed by atoms with van der Waals surface area (Å²) < 4.78 is 10.0. The number of likely N-dealkylation sites (tertiary alicyclic amines) is 1. The smallest absolute Gasteiger partial charge is 0.326 e. The molecule has 0 bridgehead atoms. The number of nitrogens with one attached hydrogen (secondary N) is 1. The molecule has 2 rings (SSSR count). The average molecular weight is 370 g/mol. The lowest BCUT2D eigenvalue weighted by Crippen LogP contribution is -2.51. The number of carboxylic acid groups (broad SMARTS) is 1. The van der Waals surface area contributed by atoms with Crippen molar-refractivity contribution in [2.24, 2.45) is 5.92 Å². The zero-order valence-electron chi connectivity index (χ0n) is 15.4. The molecule has 148 valence electrons. The number of nitrogens with zero attached hydrogens (tertiary/aromatic N) is 1. The molecular weight excluding hydrogens is 340 g/mol. The van der Waals surface area contributed by atoms with E-state index in [1.165, 1.54) is 0 Å². The van der Waals surface area contributed by atoms with Crippen molar-refractivity contribution in [3.63, 3.8) is 0 Å². The molecule has 1 saturated carbocycles. The quantitative estimate of drug-likeness (QED) is 0.612. The minimum atomic E-state index is -0.910. The summed E-state index contributed by atoms with van der Waals surface area (Å²) in [7, 11) is 1.58. The van der Waals surface area contributed by atoms with Gasteiger partial charge in [0.2, 0.25) is 11.8 Å². The van der Waals surface area contributed by atoms with E-state index < -0.39 is 12.0 Å². The monoisotopic (exact) mass is 370 g/mol. The molecule has 8 nitrogen and oxygen atoms in total. The van der Waals surface area contributed by atoms with Crippen LogP contribution in [0.25, 0.3) is 0 Å². The first-order valence-electron chi connectivity index (χ1n) is 9.42. The molecule has 2 fully saturated rings. The number of piperidine rings is 1.